The molecule has 2 aromatic rings. The first-order chi connectivity index (χ1) is 11.6. The van der Waals surface area contributed by atoms with Crippen LogP contribution >= 0.6 is 0 Å². The van der Waals surface area contributed by atoms with Gasteiger partial charge < -0.3 is 19.5 Å². The highest BCUT2D eigenvalue weighted by atomic mass is 16.6. The van der Waals surface area contributed by atoms with E-state index < -0.39 is 18.0 Å². The van der Waals surface area contributed by atoms with Gasteiger partial charge in [-0.15, -0.1) is 0 Å². The summed E-state index contributed by atoms with van der Waals surface area (Å²) in [6.07, 6.45) is 0.518. The Labute approximate surface area is 138 Å². The normalized spacial score (nSPS) is 13.7. The van der Waals surface area contributed by atoms with Crippen molar-refractivity contribution in [3.8, 4) is 11.5 Å². The molecule has 0 saturated carbocycles. The fourth-order valence-corrected chi connectivity index (χ4v) is 2.12. The van der Waals surface area contributed by atoms with E-state index in [1.54, 1.807) is 30.3 Å². The van der Waals surface area contributed by atoms with Gasteiger partial charge in [0.2, 0.25) is 0 Å². The number of carbonyl (C=O) groups is 2. The van der Waals surface area contributed by atoms with Gasteiger partial charge in [-0.05, 0) is 31.2 Å². The van der Waals surface area contributed by atoms with E-state index in [4.69, 9.17) is 14.2 Å². The third-order valence-electron chi connectivity index (χ3n) is 3.34. The molecule has 24 heavy (non-hydrogen) atoms. The topological polar surface area (TPSA) is 86.8 Å². The highest BCUT2D eigenvalue weighted by Gasteiger charge is 2.20. The van der Waals surface area contributed by atoms with Crippen LogP contribution in [0, 0.1) is 0 Å². The molecule has 124 valence electrons. The summed E-state index contributed by atoms with van der Waals surface area (Å²) in [6, 6.07) is 9.96. The Morgan fingerprint density at radius 2 is 1.96 bits per heavy atom. The molecular formula is C17H16N2O5. The molecule has 1 aromatic carbocycles. The Kier molecular flexibility index (Phi) is 4.60. The minimum atomic E-state index is -0.965. The molecule has 7 heteroatoms. The Balaban J connectivity index is 1.61. The van der Waals surface area contributed by atoms with E-state index in [1.807, 2.05) is 0 Å². The number of carbonyl (C=O) groups excluding carboxylic acids is 2. The van der Waals surface area contributed by atoms with Gasteiger partial charge in [-0.25, -0.2) is 9.78 Å². The lowest BCUT2D eigenvalue weighted by molar-refractivity contribution is -0.123. The molecule has 0 bridgehead atoms. The van der Waals surface area contributed by atoms with E-state index in [0.717, 1.165) is 0 Å². The van der Waals surface area contributed by atoms with Crippen LogP contribution in [0.15, 0.2) is 42.6 Å². The lowest BCUT2D eigenvalue weighted by Gasteiger charge is -2.19. The lowest BCUT2D eigenvalue weighted by atomic mass is 10.2. The molecular weight excluding hydrogens is 312 g/mol. The number of nitrogens with zero attached hydrogens (tertiary/aromatic N) is 1. The van der Waals surface area contributed by atoms with Crippen LogP contribution in [0.5, 0.6) is 11.5 Å². The second-order valence-corrected chi connectivity index (χ2v) is 5.11. The molecule has 0 unspecified atom stereocenters. The first-order valence-electron chi connectivity index (χ1n) is 7.46. The first kappa shape index (κ1) is 15.8. The van der Waals surface area contributed by atoms with E-state index >= 15 is 0 Å². The summed E-state index contributed by atoms with van der Waals surface area (Å²) < 4.78 is 16.0. The average molecular weight is 328 g/mol. The van der Waals surface area contributed by atoms with Gasteiger partial charge in [-0.1, -0.05) is 6.07 Å². The number of esters is 1. The zero-order valence-electron chi connectivity index (χ0n) is 13.0. The molecule has 1 aliphatic rings. The predicted octanol–water partition coefficient (Wildman–Crippen LogP) is 2.04. The van der Waals surface area contributed by atoms with Gasteiger partial charge in [-0.3, -0.25) is 4.79 Å². The van der Waals surface area contributed by atoms with E-state index in [2.05, 4.69) is 10.3 Å². The Bertz CT molecular complexity index is 748. The van der Waals surface area contributed by atoms with Gasteiger partial charge in [0.05, 0.1) is 0 Å². The third kappa shape index (κ3) is 3.62. The van der Waals surface area contributed by atoms with Gasteiger partial charge in [0.25, 0.3) is 5.91 Å². The van der Waals surface area contributed by atoms with Crippen LogP contribution in [0.3, 0.4) is 0 Å². The standard InChI is InChI=1S/C17H16N2O5/c1-11(24-17(21)13-4-2-3-7-18-13)16(20)19-12-5-6-14-15(10-12)23-9-8-22-14/h2-7,10-11H,8-9H2,1H3,(H,19,20)/t11-/m0/s1. The molecule has 1 aromatic heterocycles. The number of amides is 1. The number of hydrogen-bond acceptors (Lipinski definition) is 6. The lowest BCUT2D eigenvalue weighted by Crippen LogP contribution is -2.30. The van der Waals surface area contributed by atoms with Gasteiger partial charge in [-0.2, -0.15) is 0 Å². The van der Waals surface area contributed by atoms with Crippen LogP contribution in [0.1, 0.15) is 17.4 Å². The summed E-state index contributed by atoms with van der Waals surface area (Å²) in [5.74, 6) is 0.0995. The fraction of sp³-hybridized carbons (Fsp3) is 0.235. The van der Waals surface area contributed by atoms with Crippen molar-refractivity contribution < 1.29 is 23.8 Å². The highest BCUT2D eigenvalue weighted by Crippen LogP contribution is 2.32. The fourth-order valence-electron chi connectivity index (χ4n) is 2.12. The molecule has 1 atom stereocenters. The zero-order chi connectivity index (χ0) is 16.9. The monoisotopic (exact) mass is 328 g/mol. The second kappa shape index (κ2) is 6.99. The van der Waals surface area contributed by atoms with Crippen molar-refractivity contribution in [3.63, 3.8) is 0 Å². The van der Waals surface area contributed by atoms with Crippen LogP contribution in [0.4, 0.5) is 5.69 Å². The maximum absolute atomic E-state index is 12.2. The number of rotatable bonds is 4. The van der Waals surface area contributed by atoms with Gasteiger partial charge in [0.15, 0.2) is 17.6 Å². The van der Waals surface area contributed by atoms with Gasteiger partial charge in [0, 0.05) is 18.0 Å². The van der Waals surface area contributed by atoms with Crippen LogP contribution in [0.25, 0.3) is 0 Å². The number of nitrogens with one attached hydrogen (secondary N) is 1. The molecule has 1 aliphatic heterocycles. The number of ether oxygens (including phenoxy) is 3. The summed E-state index contributed by atoms with van der Waals surface area (Å²) in [6.45, 7) is 2.45. The van der Waals surface area contributed by atoms with Crippen LogP contribution in [-0.2, 0) is 9.53 Å². The summed E-state index contributed by atoms with van der Waals surface area (Å²) >= 11 is 0. The maximum Gasteiger partial charge on any atom is 0.357 e. The van der Waals surface area contributed by atoms with E-state index in [1.165, 1.54) is 19.2 Å². The highest BCUT2D eigenvalue weighted by molar-refractivity contribution is 5.97. The Morgan fingerprint density at radius 3 is 2.71 bits per heavy atom. The second-order valence-electron chi connectivity index (χ2n) is 5.11. The molecule has 1 amide bonds. The van der Waals surface area contributed by atoms with Crippen molar-refractivity contribution in [2.45, 2.75) is 13.0 Å². The summed E-state index contributed by atoms with van der Waals surface area (Å²) in [5.41, 5.74) is 0.682. The van der Waals surface area contributed by atoms with E-state index in [-0.39, 0.29) is 5.69 Å². The Morgan fingerprint density at radius 1 is 1.17 bits per heavy atom. The predicted molar refractivity (Wildman–Crippen MR) is 85.2 cm³/mol. The quantitative estimate of drug-likeness (QED) is 0.864. The minimum absolute atomic E-state index is 0.150. The van der Waals surface area contributed by atoms with Crippen molar-refractivity contribution in [2.24, 2.45) is 0 Å². The third-order valence-corrected chi connectivity index (χ3v) is 3.34. The number of aromatic nitrogens is 1. The van der Waals surface area contributed by atoms with Crippen molar-refractivity contribution in [1.29, 1.82) is 0 Å². The first-order valence-corrected chi connectivity index (χ1v) is 7.46. The molecule has 0 saturated heterocycles. The number of anilines is 1. The van der Waals surface area contributed by atoms with E-state index in [0.29, 0.717) is 30.4 Å². The average Bonchev–Trinajstić information content (AvgIpc) is 2.62. The van der Waals surface area contributed by atoms with Crippen LogP contribution in [0.2, 0.25) is 0 Å². The number of benzene rings is 1. The largest absolute Gasteiger partial charge is 0.486 e. The molecule has 3 rings (SSSR count). The minimum Gasteiger partial charge on any atom is -0.486 e. The summed E-state index contributed by atoms with van der Waals surface area (Å²) in [4.78, 5) is 28.0. The number of pyridine rings is 1. The number of hydrogen-bond donors (Lipinski definition) is 1. The van der Waals surface area contributed by atoms with Crippen molar-refractivity contribution in [2.75, 3.05) is 18.5 Å². The van der Waals surface area contributed by atoms with Crippen molar-refractivity contribution in [3.05, 3.63) is 48.3 Å². The number of fused-ring (bicyclic) bond motifs is 1. The van der Waals surface area contributed by atoms with Gasteiger partial charge in [0.1, 0.15) is 18.9 Å². The zero-order valence-corrected chi connectivity index (χ0v) is 13.0. The maximum atomic E-state index is 12.2. The Hall–Kier alpha value is -3.09. The van der Waals surface area contributed by atoms with E-state index in [9.17, 15) is 9.59 Å². The molecule has 1 N–H and O–H groups in total. The molecule has 0 aliphatic carbocycles. The molecule has 0 radical (unpaired) electrons. The molecule has 2 heterocycles. The molecule has 0 spiro atoms. The SMILES string of the molecule is C[C@H](OC(=O)c1ccccn1)C(=O)Nc1ccc2c(c1)OCCO2. The van der Waals surface area contributed by atoms with Crippen molar-refractivity contribution >= 4 is 17.6 Å². The van der Waals surface area contributed by atoms with Crippen LogP contribution in [-0.4, -0.2) is 36.2 Å². The molecule has 0 fully saturated rings. The van der Waals surface area contributed by atoms with Crippen molar-refractivity contribution in [1.82, 2.24) is 4.98 Å². The summed E-state index contributed by atoms with van der Waals surface area (Å²) in [5, 5.41) is 2.68. The summed E-state index contributed by atoms with van der Waals surface area (Å²) in [7, 11) is 0. The van der Waals surface area contributed by atoms with Crippen LogP contribution < -0.4 is 14.8 Å². The molecule has 7 nitrogen and oxygen atoms in total. The smallest absolute Gasteiger partial charge is 0.357 e. The van der Waals surface area contributed by atoms with Gasteiger partial charge >= 0.3 is 5.97 Å².